The van der Waals surface area contributed by atoms with Gasteiger partial charge in [-0.25, -0.2) is 0 Å². The van der Waals surface area contributed by atoms with E-state index in [1.807, 2.05) is 0 Å². The van der Waals surface area contributed by atoms with Crippen LogP contribution in [0, 0.1) is 5.92 Å². The van der Waals surface area contributed by atoms with Gasteiger partial charge in [0.25, 0.3) is 0 Å². The van der Waals surface area contributed by atoms with Crippen molar-refractivity contribution in [3.8, 4) is 0 Å². The van der Waals surface area contributed by atoms with Crippen LogP contribution in [-0.2, 0) is 28.6 Å². The minimum absolute atomic E-state index is 0.0733. The molecule has 0 aromatic rings. The van der Waals surface area contributed by atoms with Gasteiger partial charge in [0.05, 0.1) is 38.6 Å². The first-order valence-corrected chi connectivity index (χ1v) is 15.7. The lowest BCUT2D eigenvalue weighted by Gasteiger charge is -2.13. The summed E-state index contributed by atoms with van der Waals surface area (Å²) >= 11 is 0. The summed E-state index contributed by atoms with van der Waals surface area (Å²) in [5.41, 5.74) is 0. The highest BCUT2D eigenvalue weighted by molar-refractivity contribution is 5.81. The molecular formula is C32H58O6. The molecule has 0 radical (unpaired) electrons. The SMILES string of the molecule is CCCCCCCCOC(=O)CC=CC(CC(=O)OCCCCCCCC)C(=O)OCCCCCCCC. The normalized spacial score (nSPS) is 12.0. The Morgan fingerprint density at radius 3 is 1.39 bits per heavy atom. The molecule has 38 heavy (non-hydrogen) atoms. The maximum atomic E-state index is 12.7. The molecule has 0 heterocycles. The maximum absolute atomic E-state index is 12.7. The zero-order chi connectivity index (χ0) is 28.1. The maximum Gasteiger partial charge on any atom is 0.313 e. The summed E-state index contributed by atoms with van der Waals surface area (Å²) in [6.45, 7) is 7.71. The van der Waals surface area contributed by atoms with Gasteiger partial charge in [0, 0.05) is 0 Å². The lowest BCUT2D eigenvalue weighted by molar-refractivity contribution is -0.153. The molecule has 0 aromatic heterocycles. The zero-order valence-corrected chi connectivity index (χ0v) is 24.9. The molecule has 0 aliphatic heterocycles. The number of rotatable bonds is 27. The van der Waals surface area contributed by atoms with Gasteiger partial charge < -0.3 is 14.2 Å². The zero-order valence-electron chi connectivity index (χ0n) is 24.9. The number of esters is 3. The Morgan fingerprint density at radius 2 is 0.921 bits per heavy atom. The van der Waals surface area contributed by atoms with E-state index in [0.29, 0.717) is 19.8 Å². The number of ether oxygens (including phenoxy) is 3. The summed E-state index contributed by atoms with van der Waals surface area (Å²) in [5, 5.41) is 0. The van der Waals surface area contributed by atoms with Gasteiger partial charge in [0.1, 0.15) is 0 Å². The van der Waals surface area contributed by atoms with Crippen molar-refractivity contribution in [2.24, 2.45) is 5.92 Å². The fraction of sp³-hybridized carbons (Fsp3) is 0.844. The van der Waals surface area contributed by atoms with Crippen LogP contribution in [0.3, 0.4) is 0 Å². The Kier molecular flexibility index (Phi) is 26.8. The summed E-state index contributed by atoms with van der Waals surface area (Å²) in [5.74, 6) is -1.92. The highest BCUT2D eigenvalue weighted by atomic mass is 16.5. The van der Waals surface area contributed by atoms with Gasteiger partial charge in [-0.2, -0.15) is 0 Å². The molecule has 0 rings (SSSR count). The first-order chi connectivity index (χ1) is 18.5. The Labute approximate surface area is 233 Å². The molecule has 0 amide bonds. The van der Waals surface area contributed by atoms with Gasteiger partial charge in [-0.05, 0) is 19.3 Å². The minimum Gasteiger partial charge on any atom is -0.466 e. The third-order valence-electron chi connectivity index (χ3n) is 6.61. The van der Waals surface area contributed by atoms with E-state index in [1.165, 1.54) is 64.2 Å². The highest BCUT2D eigenvalue weighted by Crippen LogP contribution is 2.13. The second-order valence-electron chi connectivity index (χ2n) is 10.4. The molecule has 0 fully saturated rings. The summed E-state index contributed by atoms with van der Waals surface area (Å²) in [4.78, 5) is 37.1. The Balaban J connectivity index is 4.49. The standard InChI is InChI=1S/C32H58O6/c1-4-7-10-13-16-19-25-36-30(33)24-22-23-29(32(35)38-27-21-18-15-12-9-6-3)28-31(34)37-26-20-17-14-11-8-5-2/h22-23,29H,4-21,24-28H2,1-3H3. The molecule has 0 bridgehead atoms. The summed E-state index contributed by atoms with van der Waals surface area (Å²) in [6.07, 6.45) is 23.3. The van der Waals surface area contributed by atoms with E-state index >= 15 is 0 Å². The molecule has 0 saturated carbocycles. The van der Waals surface area contributed by atoms with Crippen LogP contribution in [0.4, 0.5) is 0 Å². The molecule has 0 aromatic carbocycles. The summed E-state index contributed by atoms with van der Waals surface area (Å²) in [6, 6.07) is 0. The Hall–Kier alpha value is -1.85. The largest absolute Gasteiger partial charge is 0.466 e. The molecule has 222 valence electrons. The molecular weight excluding hydrogens is 480 g/mol. The van der Waals surface area contributed by atoms with Crippen LogP contribution < -0.4 is 0 Å². The number of carbonyl (C=O) groups is 3. The first-order valence-electron chi connectivity index (χ1n) is 15.7. The first kappa shape index (κ1) is 36.1. The van der Waals surface area contributed by atoms with Gasteiger partial charge in [-0.1, -0.05) is 129 Å². The summed E-state index contributed by atoms with van der Waals surface area (Å²) < 4.78 is 16.1. The Morgan fingerprint density at radius 1 is 0.526 bits per heavy atom. The average molecular weight is 539 g/mol. The highest BCUT2D eigenvalue weighted by Gasteiger charge is 2.22. The monoisotopic (exact) mass is 538 g/mol. The Bertz CT molecular complexity index is 601. The van der Waals surface area contributed by atoms with Crippen LogP contribution in [0.15, 0.2) is 12.2 Å². The smallest absolute Gasteiger partial charge is 0.313 e. The molecule has 6 nitrogen and oxygen atoms in total. The van der Waals surface area contributed by atoms with E-state index in [0.717, 1.165) is 51.4 Å². The lowest BCUT2D eigenvalue weighted by Crippen LogP contribution is -2.21. The summed E-state index contributed by atoms with van der Waals surface area (Å²) in [7, 11) is 0. The third-order valence-corrected chi connectivity index (χ3v) is 6.61. The van der Waals surface area contributed by atoms with Crippen molar-refractivity contribution in [1.82, 2.24) is 0 Å². The van der Waals surface area contributed by atoms with Gasteiger partial charge in [0.15, 0.2) is 0 Å². The van der Waals surface area contributed by atoms with Crippen LogP contribution in [0.25, 0.3) is 0 Å². The van der Waals surface area contributed by atoms with E-state index in [1.54, 1.807) is 12.2 Å². The van der Waals surface area contributed by atoms with Gasteiger partial charge >= 0.3 is 17.9 Å². The van der Waals surface area contributed by atoms with Crippen LogP contribution in [0.5, 0.6) is 0 Å². The quantitative estimate of drug-likeness (QED) is 0.0450. The average Bonchev–Trinajstić information content (AvgIpc) is 2.90. The molecule has 0 N–H and O–H groups in total. The van der Waals surface area contributed by atoms with E-state index in [2.05, 4.69) is 20.8 Å². The minimum atomic E-state index is -0.751. The number of hydrogen-bond acceptors (Lipinski definition) is 6. The third kappa shape index (κ3) is 24.5. The fourth-order valence-corrected chi connectivity index (χ4v) is 4.15. The van der Waals surface area contributed by atoms with Crippen LogP contribution in [0.2, 0.25) is 0 Å². The topological polar surface area (TPSA) is 78.9 Å². The molecule has 0 aliphatic carbocycles. The number of carbonyl (C=O) groups excluding carboxylic acids is 3. The molecule has 0 aliphatic rings. The predicted molar refractivity (Wildman–Crippen MR) is 155 cm³/mol. The lowest BCUT2D eigenvalue weighted by atomic mass is 10.0. The van der Waals surface area contributed by atoms with E-state index in [4.69, 9.17) is 14.2 Å². The van der Waals surface area contributed by atoms with E-state index in [-0.39, 0.29) is 18.8 Å². The van der Waals surface area contributed by atoms with Crippen molar-refractivity contribution in [2.75, 3.05) is 19.8 Å². The molecule has 6 heteroatoms. The number of unbranched alkanes of at least 4 members (excludes halogenated alkanes) is 15. The van der Waals surface area contributed by atoms with Crippen LogP contribution >= 0.6 is 0 Å². The van der Waals surface area contributed by atoms with Gasteiger partial charge in [-0.3, -0.25) is 14.4 Å². The van der Waals surface area contributed by atoms with Gasteiger partial charge in [0.2, 0.25) is 0 Å². The van der Waals surface area contributed by atoms with Crippen LogP contribution in [-0.4, -0.2) is 37.7 Å². The van der Waals surface area contributed by atoms with E-state index in [9.17, 15) is 14.4 Å². The second kappa shape index (κ2) is 28.2. The van der Waals surface area contributed by atoms with Crippen molar-refractivity contribution < 1.29 is 28.6 Å². The fourth-order valence-electron chi connectivity index (χ4n) is 4.15. The van der Waals surface area contributed by atoms with Crippen molar-refractivity contribution in [3.05, 3.63) is 12.2 Å². The van der Waals surface area contributed by atoms with Crippen molar-refractivity contribution in [2.45, 2.75) is 149 Å². The van der Waals surface area contributed by atoms with Crippen molar-refractivity contribution >= 4 is 17.9 Å². The number of hydrogen-bond donors (Lipinski definition) is 0. The van der Waals surface area contributed by atoms with Crippen LogP contribution in [0.1, 0.15) is 149 Å². The molecule has 1 atom stereocenters. The predicted octanol–water partition coefficient (Wildman–Crippen LogP) is 8.65. The van der Waals surface area contributed by atoms with E-state index < -0.39 is 17.9 Å². The molecule has 1 unspecified atom stereocenters. The van der Waals surface area contributed by atoms with Crippen molar-refractivity contribution in [3.63, 3.8) is 0 Å². The van der Waals surface area contributed by atoms with Gasteiger partial charge in [-0.15, -0.1) is 0 Å². The molecule has 0 spiro atoms. The van der Waals surface area contributed by atoms with Crippen molar-refractivity contribution in [1.29, 1.82) is 0 Å². The second-order valence-corrected chi connectivity index (χ2v) is 10.4. The molecule has 0 saturated heterocycles.